The SMILES string of the molecule is CCCNC(C)c1ccc(OCC2CCOCC2)cc1. The Bertz CT molecular complexity index is 371. The van der Waals surface area contributed by atoms with Gasteiger partial charge in [-0.05, 0) is 56.3 Å². The Kier molecular flexibility index (Phi) is 6.34. The molecular weight excluding hydrogens is 250 g/mol. The maximum absolute atomic E-state index is 5.89. The first kappa shape index (κ1) is 15.3. The third-order valence-electron chi connectivity index (χ3n) is 3.91. The molecular formula is C17H27NO2. The summed E-state index contributed by atoms with van der Waals surface area (Å²) < 4.78 is 11.2. The van der Waals surface area contributed by atoms with Crippen LogP contribution in [0.1, 0.15) is 44.7 Å². The van der Waals surface area contributed by atoms with Crippen molar-refractivity contribution in [3.05, 3.63) is 29.8 Å². The van der Waals surface area contributed by atoms with Crippen molar-refractivity contribution >= 4 is 0 Å². The summed E-state index contributed by atoms with van der Waals surface area (Å²) in [6.45, 7) is 8.02. The van der Waals surface area contributed by atoms with Gasteiger partial charge in [0.15, 0.2) is 0 Å². The van der Waals surface area contributed by atoms with Gasteiger partial charge in [-0.3, -0.25) is 0 Å². The molecule has 1 fully saturated rings. The van der Waals surface area contributed by atoms with E-state index in [-0.39, 0.29) is 0 Å². The Morgan fingerprint density at radius 3 is 2.60 bits per heavy atom. The Hall–Kier alpha value is -1.06. The van der Waals surface area contributed by atoms with Gasteiger partial charge in [-0.1, -0.05) is 19.1 Å². The van der Waals surface area contributed by atoms with Crippen LogP contribution in [0.4, 0.5) is 0 Å². The first-order valence-electron chi connectivity index (χ1n) is 7.83. The van der Waals surface area contributed by atoms with Gasteiger partial charge in [0.2, 0.25) is 0 Å². The van der Waals surface area contributed by atoms with Crippen molar-refractivity contribution < 1.29 is 9.47 Å². The Morgan fingerprint density at radius 2 is 1.95 bits per heavy atom. The Balaban J connectivity index is 1.78. The van der Waals surface area contributed by atoms with E-state index in [0.717, 1.165) is 51.4 Å². The van der Waals surface area contributed by atoms with E-state index in [1.165, 1.54) is 5.56 Å². The number of hydrogen-bond donors (Lipinski definition) is 1. The highest BCUT2D eigenvalue weighted by molar-refractivity contribution is 5.28. The van der Waals surface area contributed by atoms with Crippen molar-refractivity contribution in [3.63, 3.8) is 0 Å². The van der Waals surface area contributed by atoms with Gasteiger partial charge in [-0.2, -0.15) is 0 Å². The first-order chi connectivity index (χ1) is 9.79. The summed E-state index contributed by atoms with van der Waals surface area (Å²) in [7, 11) is 0. The van der Waals surface area contributed by atoms with Crippen LogP contribution >= 0.6 is 0 Å². The van der Waals surface area contributed by atoms with Crippen LogP contribution in [0.25, 0.3) is 0 Å². The molecule has 3 nitrogen and oxygen atoms in total. The number of rotatable bonds is 7. The standard InChI is InChI=1S/C17H27NO2/c1-3-10-18-14(2)16-4-6-17(7-5-16)20-13-15-8-11-19-12-9-15/h4-7,14-15,18H,3,8-13H2,1-2H3. The Labute approximate surface area is 122 Å². The average molecular weight is 277 g/mol. The van der Waals surface area contributed by atoms with Gasteiger partial charge < -0.3 is 14.8 Å². The summed E-state index contributed by atoms with van der Waals surface area (Å²) in [5.41, 5.74) is 1.32. The van der Waals surface area contributed by atoms with E-state index >= 15 is 0 Å². The highest BCUT2D eigenvalue weighted by atomic mass is 16.5. The second-order valence-electron chi connectivity index (χ2n) is 5.61. The molecule has 1 saturated heterocycles. The quantitative estimate of drug-likeness (QED) is 0.826. The summed E-state index contributed by atoms with van der Waals surface area (Å²) in [6, 6.07) is 8.89. The highest BCUT2D eigenvalue weighted by Gasteiger charge is 2.14. The molecule has 0 bridgehead atoms. The molecule has 1 aliphatic rings. The summed E-state index contributed by atoms with van der Waals surface area (Å²) >= 11 is 0. The molecule has 0 aliphatic carbocycles. The first-order valence-corrected chi connectivity index (χ1v) is 7.83. The number of hydrogen-bond acceptors (Lipinski definition) is 3. The zero-order chi connectivity index (χ0) is 14.2. The maximum Gasteiger partial charge on any atom is 0.119 e. The summed E-state index contributed by atoms with van der Waals surface area (Å²) in [5, 5.41) is 3.50. The van der Waals surface area contributed by atoms with Crippen molar-refractivity contribution in [3.8, 4) is 5.75 Å². The molecule has 1 aromatic rings. The van der Waals surface area contributed by atoms with Crippen LogP contribution in [0, 0.1) is 5.92 Å². The predicted molar refractivity (Wildman–Crippen MR) is 82.2 cm³/mol. The summed E-state index contributed by atoms with van der Waals surface area (Å²) in [5.74, 6) is 1.62. The van der Waals surface area contributed by atoms with Crippen molar-refractivity contribution in [2.75, 3.05) is 26.4 Å². The molecule has 0 spiro atoms. The fourth-order valence-electron chi connectivity index (χ4n) is 2.46. The molecule has 1 N–H and O–H groups in total. The molecule has 2 rings (SSSR count). The highest BCUT2D eigenvalue weighted by Crippen LogP contribution is 2.20. The van der Waals surface area contributed by atoms with E-state index < -0.39 is 0 Å². The second kappa shape index (κ2) is 8.28. The molecule has 1 atom stereocenters. The molecule has 20 heavy (non-hydrogen) atoms. The number of benzene rings is 1. The van der Waals surface area contributed by atoms with Gasteiger partial charge in [0.1, 0.15) is 5.75 Å². The lowest BCUT2D eigenvalue weighted by Gasteiger charge is -2.22. The van der Waals surface area contributed by atoms with Crippen molar-refractivity contribution in [1.29, 1.82) is 0 Å². The smallest absolute Gasteiger partial charge is 0.119 e. The zero-order valence-electron chi connectivity index (χ0n) is 12.7. The normalized spacial score (nSPS) is 17.9. The van der Waals surface area contributed by atoms with Crippen LogP contribution < -0.4 is 10.1 Å². The molecule has 0 radical (unpaired) electrons. The van der Waals surface area contributed by atoms with Crippen molar-refractivity contribution in [2.45, 2.75) is 39.2 Å². The number of ether oxygens (including phenoxy) is 2. The van der Waals surface area contributed by atoms with Gasteiger partial charge in [0.05, 0.1) is 6.61 Å². The zero-order valence-corrected chi connectivity index (χ0v) is 12.7. The third kappa shape index (κ3) is 4.80. The van der Waals surface area contributed by atoms with Crippen molar-refractivity contribution in [2.24, 2.45) is 5.92 Å². The lowest BCUT2D eigenvalue weighted by Crippen LogP contribution is -2.21. The average Bonchev–Trinajstić information content (AvgIpc) is 2.52. The summed E-state index contributed by atoms with van der Waals surface area (Å²) in [6.07, 6.45) is 3.41. The fourth-order valence-corrected chi connectivity index (χ4v) is 2.46. The third-order valence-corrected chi connectivity index (χ3v) is 3.91. The van der Waals surface area contributed by atoms with Crippen LogP contribution in [-0.4, -0.2) is 26.4 Å². The fraction of sp³-hybridized carbons (Fsp3) is 0.647. The predicted octanol–water partition coefficient (Wildman–Crippen LogP) is 3.55. The molecule has 1 heterocycles. The Morgan fingerprint density at radius 1 is 1.25 bits per heavy atom. The van der Waals surface area contributed by atoms with Gasteiger partial charge >= 0.3 is 0 Å². The molecule has 0 saturated carbocycles. The lowest BCUT2D eigenvalue weighted by atomic mass is 10.0. The largest absolute Gasteiger partial charge is 0.493 e. The van der Waals surface area contributed by atoms with E-state index in [1.807, 2.05) is 0 Å². The monoisotopic (exact) mass is 277 g/mol. The van der Waals surface area contributed by atoms with Crippen molar-refractivity contribution in [1.82, 2.24) is 5.32 Å². The summed E-state index contributed by atoms with van der Waals surface area (Å²) in [4.78, 5) is 0. The van der Waals surface area contributed by atoms with E-state index in [4.69, 9.17) is 9.47 Å². The van der Waals surface area contributed by atoms with E-state index in [2.05, 4.69) is 43.4 Å². The van der Waals surface area contributed by atoms with Gasteiger partial charge in [0.25, 0.3) is 0 Å². The minimum Gasteiger partial charge on any atom is -0.493 e. The molecule has 1 aliphatic heterocycles. The molecule has 1 aromatic carbocycles. The van der Waals surface area contributed by atoms with Crippen LogP contribution in [0.2, 0.25) is 0 Å². The second-order valence-corrected chi connectivity index (χ2v) is 5.61. The van der Waals surface area contributed by atoms with Crippen LogP contribution in [0.15, 0.2) is 24.3 Å². The molecule has 112 valence electrons. The van der Waals surface area contributed by atoms with Crippen LogP contribution in [-0.2, 0) is 4.74 Å². The molecule has 3 heteroatoms. The number of nitrogens with one attached hydrogen (secondary N) is 1. The minimum atomic E-state index is 0.402. The topological polar surface area (TPSA) is 30.5 Å². The van der Waals surface area contributed by atoms with E-state index in [0.29, 0.717) is 12.0 Å². The van der Waals surface area contributed by atoms with E-state index in [9.17, 15) is 0 Å². The van der Waals surface area contributed by atoms with Crippen LogP contribution in [0.5, 0.6) is 5.75 Å². The molecule has 0 amide bonds. The van der Waals surface area contributed by atoms with Crippen LogP contribution in [0.3, 0.4) is 0 Å². The molecule has 1 unspecified atom stereocenters. The van der Waals surface area contributed by atoms with Gasteiger partial charge in [-0.25, -0.2) is 0 Å². The minimum absolute atomic E-state index is 0.402. The molecule has 0 aromatic heterocycles. The van der Waals surface area contributed by atoms with E-state index in [1.54, 1.807) is 0 Å². The lowest BCUT2D eigenvalue weighted by molar-refractivity contribution is 0.0497. The van der Waals surface area contributed by atoms with Gasteiger partial charge in [-0.15, -0.1) is 0 Å². The van der Waals surface area contributed by atoms with Gasteiger partial charge in [0, 0.05) is 19.3 Å². The maximum atomic E-state index is 5.89.